The van der Waals surface area contributed by atoms with E-state index in [0.29, 0.717) is 6.42 Å². The van der Waals surface area contributed by atoms with Crippen LogP contribution in [-0.4, -0.2) is 39.3 Å². The molecule has 0 heterocycles. The lowest BCUT2D eigenvalue weighted by molar-refractivity contribution is 0.0600. The smallest absolute Gasteiger partial charge is 0.337 e. The number of nitrogens with one attached hydrogen (secondary N) is 1. The van der Waals surface area contributed by atoms with Crippen LogP contribution in [0.15, 0.2) is 29.2 Å². The number of aliphatic hydroxyl groups excluding tert-OH is 1. The van der Waals surface area contributed by atoms with E-state index in [2.05, 4.69) is 9.46 Å². The molecule has 0 fully saturated rings. The van der Waals surface area contributed by atoms with E-state index >= 15 is 0 Å². The van der Waals surface area contributed by atoms with Crippen molar-refractivity contribution in [3.63, 3.8) is 0 Å². The monoisotopic (exact) mass is 287 g/mol. The zero-order valence-electron chi connectivity index (χ0n) is 10.8. The minimum atomic E-state index is -3.75. The maximum Gasteiger partial charge on any atom is 0.337 e. The summed E-state index contributed by atoms with van der Waals surface area (Å²) in [7, 11) is -2.53. The van der Waals surface area contributed by atoms with Gasteiger partial charge in [-0.15, -0.1) is 0 Å². The number of aliphatic hydroxyl groups is 1. The number of sulfonamides is 1. The van der Waals surface area contributed by atoms with Gasteiger partial charge in [-0.2, -0.15) is 0 Å². The van der Waals surface area contributed by atoms with E-state index in [0.717, 1.165) is 0 Å². The molecule has 0 amide bonds. The molecule has 0 aliphatic rings. The molecule has 106 valence electrons. The average molecular weight is 287 g/mol. The third-order valence-electron chi connectivity index (χ3n) is 2.55. The van der Waals surface area contributed by atoms with E-state index in [9.17, 15) is 18.3 Å². The molecule has 0 bridgehead atoms. The van der Waals surface area contributed by atoms with Gasteiger partial charge in [0.15, 0.2) is 0 Å². The van der Waals surface area contributed by atoms with Gasteiger partial charge in [-0.3, -0.25) is 0 Å². The predicted octanol–water partition coefficient (Wildman–Crippen LogP) is 0.522. The molecule has 0 aromatic heterocycles. The Morgan fingerprint density at radius 1 is 1.47 bits per heavy atom. The Kier molecular flexibility index (Phi) is 5.46. The predicted molar refractivity (Wildman–Crippen MR) is 69.3 cm³/mol. The van der Waals surface area contributed by atoms with E-state index < -0.39 is 22.1 Å². The van der Waals surface area contributed by atoms with Crippen LogP contribution in [-0.2, 0) is 14.8 Å². The van der Waals surface area contributed by atoms with E-state index in [1.165, 1.54) is 31.4 Å². The first kappa shape index (κ1) is 15.6. The fraction of sp³-hybridized carbons (Fsp3) is 0.417. The lowest BCUT2D eigenvalue weighted by atomic mass is 10.2. The fourth-order valence-electron chi connectivity index (χ4n) is 1.34. The van der Waals surface area contributed by atoms with Crippen molar-refractivity contribution < 1.29 is 23.1 Å². The van der Waals surface area contributed by atoms with Crippen molar-refractivity contribution in [3.8, 4) is 0 Å². The maximum atomic E-state index is 11.9. The summed E-state index contributed by atoms with van der Waals surface area (Å²) in [6.45, 7) is 1.68. The van der Waals surface area contributed by atoms with Gasteiger partial charge in [0.05, 0.1) is 23.7 Å². The zero-order chi connectivity index (χ0) is 14.5. The van der Waals surface area contributed by atoms with Crippen molar-refractivity contribution in [2.75, 3.05) is 13.7 Å². The number of hydrogen-bond donors (Lipinski definition) is 2. The van der Waals surface area contributed by atoms with Gasteiger partial charge in [-0.05, 0) is 24.6 Å². The molecular weight excluding hydrogens is 270 g/mol. The van der Waals surface area contributed by atoms with Crippen molar-refractivity contribution in [1.29, 1.82) is 0 Å². The van der Waals surface area contributed by atoms with Crippen molar-refractivity contribution in [1.82, 2.24) is 4.72 Å². The maximum absolute atomic E-state index is 11.9. The highest BCUT2D eigenvalue weighted by atomic mass is 32.2. The molecule has 0 aliphatic heterocycles. The van der Waals surface area contributed by atoms with Crippen LogP contribution in [0.4, 0.5) is 0 Å². The summed E-state index contributed by atoms with van der Waals surface area (Å²) in [5.74, 6) is -0.606. The molecule has 1 atom stereocenters. The summed E-state index contributed by atoms with van der Waals surface area (Å²) in [5, 5.41) is 9.35. The Hall–Kier alpha value is -1.44. The summed E-state index contributed by atoms with van der Waals surface area (Å²) < 4.78 is 30.7. The van der Waals surface area contributed by atoms with Crippen LogP contribution >= 0.6 is 0 Å². The number of esters is 1. The molecule has 1 rings (SSSR count). The molecule has 0 radical (unpaired) electrons. The Bertz CT molecular complexity index is 541. The van der Waals surface area contributed by atoms with Crippen LogP contribution in [0, 0.1) is 0 Å². The van der Waals surface area contributed by atoms with Crippen molar-refractivity contribution in [3.05, 3.63) is 29.8 Å². The van der Waals surface area contributed by atoms with Gasteiger partial charge in [0.2, 0.25) is 10.0 Å². The zero-order valence-corrected chi connectivity index (χ0v) is 11.6. The van der Waals surface area contributed by atoms with Crippen LogP contribution in [0.25, 0.3) is 0 Å². The molecule has 1 aromatic rings. The molecule has 2 N–H and O–H groups in total. The molecule has 0 aliphatic carbocycles. The second-order valence-electron chi connectivity index (χ2n) is 3.93. The standard InChI is InChI=1S/C12H17NO5S/c1-3-10(14)8-13-19(16,17)11-6-4-5-9(7-11)12(15)18-2/h4-7,10,13-14H,3,8H2,1-2H3. The fourth-order valence-corrected chi connectivity index (χ4v) is 2.46. The lowest BCUT2D eigenvalue weighted by Crippen LogP contribution is -2.31. The number of hydrogen-bond acceptors (Lipinski definition) is 5. The molecular formula is C12H17NO5S. The molecule has 7 heteroatoms. The Balaban J connectivity index is 2.92. The topological polar surface area (TPSA) is 92.7 Å². The van der Waals surface area contributed by atoms with E-state index in [4.69, 9.17) is 0 Å². The summed E-state index contributed by atoms with van der Waals surface area (Å²) in [6, 6.07) is 5.52. The van der Waals surface area contributed by atoms with Gasteiger partial charge >= 0.3 is 5.97 Å². The molecule has 0 spiro atoms. The van der Waals surface area contributed by atoms with Gasteiger partial charge in [0, 0.05) is 6.54 Å². The molecule has 0 saturated carbocycles. The molecule has 0 saturated heterocycles. The molecule has 19 heavy (non-hydrogen) atoms. The Labute approximate surface area is 112 Å². The quantitative estimate of drug-likeness (QED) is 0.744. The molecule has 1 aromatic carbocycles. The highest BCUT2D eigenvalue weighted by Crippen LogP contribution is 2.12. The third-order valence-corrected chi connectivity index (χ3v) is 3.97. The number of methoxy groups -OCH3 is 1. The van der Waals surface area contributed by atoms with Crippen LogP contribution in [0.5, 0.6) is 0 Å². The van der Waals surface area contributed by atoms with Crippen LogP contribution < -0.4 is 4.72 Å². The van der Waals surface area contributed by atoms with Crippen LogP contribution in [0.1, 0.15) is 23.7 Å². The van der Waals surface area contributed by atoms with Crippen LogP contribution in [0.3, 0.4) is 0 Å². The molecule has 1 unspecified atom stereocenters. The van der Waals surface area contributed by atoms with Crippen LogP contribution in [0.2, 0.25) is 0 Å². The van der Waals surface area contributed by atoms with Crippen molar-refractivity contribution in [2.24, 2.45) is 0 Å². The highest BCUT2D eigenvalue weighted by Gasteiger charge is 2.17. The summed E-state index contributed by atoms with van der Waals surface area (Å²) in [4.78, 5) is 11.3. The number of ether oxygens (including phenoxy) is 1. The van der Waals surface area contributed by atoms with E-state index in [1.54, 1.807) is 6.92 Å². The van der Waals surface area contributed by atoms with Gasteiger partial charge in [0.1, 0.15) is 0 Å². The first-order valence-corrected chi connectivity index (χ1v) is 7.25. The third kappa shape index (κ3) is 4.30. The van der Waals surface area contributed by atoms with E-state index in [1.807, 2.05) is 0 Å². The first-order valence-electron chi connectivity index (χ1n) is 5.76. The SMILES string of the molecule is CCC(O)CNS(=O)(=O)c1cccc(C(=O)OC)c1. The van der Waals surface area contributed by atoms with Gasteiger partial charge in [-0.1, -0.05) is 13.0 Å². The van der Waals surface area contributed by atoms with Crippen molar-refractivity contribution in [2.45, 2.75) is 24.3 Å². The average Bonchev–Trinajstić information content (AvgIpc) is 2.44. The number of rotatable bonds is 6. The lowest BCUT2D eigenvalue weighted by Gasteiger charge is -2.10. The second-order valence-corrected chi connectivity index (χ2v) is 5.70. The molecule has 6 nitrogen and oxygen atoms in total. The number of benzene rings is 1. The normalized spacial score (nSPS) is 13.0. The van der Waals surface area contributed by atoms with Gasteiger partial charge in [0.25, 0.3) is 0 Å². The van der Waals surface area contributed by atoms with E-state index in [-0.39, 0.29) is 17.0 Å². The largest absolute Gasteiger partial charge is 0.465 e. The number of carbonyl (C=O) groups excluding carboxylic acids is 1. The second kappa shape index (κ2) is 6.65. The number of carbonyl (C=O) groups is 1. The summed E-state index contributed by atoms with van der Waals surface area (Å²) in [6.07, 6.45) is -0.288. The van der Waals surface area contributed by atoms with Gasteiger partial charge < -0.3 is 9.84 Å². The minimum Gasteiger partial charge on any atom is -0.465 e. The highest BCUT2D eigenvalue weighted by molar-refractivity contribution is 7.89. The minimum absolute atomic E-state index is 0.0429. The Morgan fingerprint density at radius 3 is 2.74 bits per heavy atom. The summed E-state index contributed by atoms with van der Waals surface area (Å²) >= 11 is 0. The van der Waals surface area contributed by atoms with Crippen molar-refractivity contribution >= 4 is 16.0 Å². The summed E-state index contributed by atoms with van der Waals surface area (Å²) in [5.41, 5.74) is 0.154. The first-order chi connectivity index (χ1) is 8.90. The van der Waals surface area contributed by atoms with Gasteiger partial charge in [-0.25, -0.2) is 17.9 Å². The Morgan fingerprint density at radius 2 is 2.16 bits per heavy atom.